The number of carbonyl (C=O) groups is 3. The number of carbonyl (C=O) groups excluding carboxylic acids is 3. The fraction of sp³-hybridized carbons (Fsp3) is 0.0789. The second kappa shape index (κ2) is 15.5. The summed E-state index contributed by atoms with van der Waals surface area (Å²) in [5.74, 6) is 0.155. The van der Waals surface area contributed by atoms with Crippen molar-refractivity contribution in [3.63, 3.8) is 0 Å². The molecule has 5 aromatic carbocycles. The Morgan fingerprint density at radius 3 is 2.12 bits per heavy atom. The van der Waals surface area contributed by atoms with Crippen molar-refractivity contribution in [3.8, 4) is 11.5 Å². The van der Waals surface area contributed by atoms with Crippen molar-refractivity contribution in [2.45, 2.75) is 10.1 Å². The first-order chi connectivity index (χ1) is 23.4. The van der Waals surface area contributed by atoms with Gasteiger partial charge < -0.3 is 25.4 Å². The molecule has 0 spiro atoms. The van der Waals surface area contributed by atoms with Gasteiger partial charge in [0.15, 0.2) is 11.5 Å². The van der Waals surface area contributed by atoms with Crippen LogP contribution >= 0.6 is 27.7 Å². The van der Waals surface area contributed by atoms with Gasteiger partial charge in [0.05, 0.1) is 0 Å². The lowest BCUT2D eigenvalue weighted by atomic mass is 10.1. The zero-order chi connectivity index (χ0) is 33.3. The molecule has 240 valence electrons. The average molecular weight is 721 g/mol. The zero-order valence-corrected chi connectivity index (χ0v) is 27.9. The Morgan fingerprint density at radius 2 is 1.40 bits per heavy atom. The van der Waals surface area contributed by atoms with Gasteiger partial charge in [-0.2, -0.15) is 0 Å². The highest BCUT2D eigenvalue weighted by atomic mass is 79.9. The van der Waals surface area contributed by atoms with Gasteiger partial charge in [0, 0.05) is 32.4 Å². The molecule has 0 aromatic heterocycles. The minimum absolute atomic E-state index is 0.0837. The van der Waals surface area contributed by atoms with Crippen LogP contribution in [0.3, 0.4) is 0 Å². The number of hydrogen-bond donors (Lipinski definition) is 3. The van der Waals surface area contributed by atoms with Gasteiger partial charge in [-0.15, -0.1) is 11.8 Å². The maximum atomic E-state index is 13.6. The van der Waals surface area contributed by atoms with Gasteiger partial charge in [0.1, 0.15) is 24.2 Å². The zero-order valence-electron chi connectivity index (χ0n) is 25.5. The SMILES string of the molecule is O=C(Nc1ccc(SC(C(=O)Nc2ccc3c(c2)OCCO3)c2ccccc2)cc1)/C(=C/c1cccc(Br)c1)NC(=O)c1ccccc1. The summed E-state index contributed by atoms with van der Waals surface area (Å²) in [4.78, 5) is 40.9. The number of fused-ring (bicyclic) bond motifs is 1. The molecule has 1 unspecified atom stereocenters. The smallest absolute Gasteiger partial charge is 0.272 e. The van der Waals surface area contributed by atoms with Crippen LogP contribution in [0.5, 0.6) is 11.5 Å². The summed E-state index contributed by atoms with van der Waals surface area (Å²) in [5.41, 5.74) is 3.21. The molecule has 8 nitrogen and oxygen atoms in total. The highest BCUT2D eigenvalue weighted by Crippen LogP contribution is 2.38. The minimum atomic E-state index is -0.562. The molecular weight excluding hydrogens is 690 g/mol. The van der Waals surface area contributed by atoms with Gasteiger partial charge in [0.25, 0.3) is 11.8 Å². The summed E-state index contributed by atoms with van der Waals surface area (Å²) < 4.78 is 12.1. The minimum Gasteiger partial charge on any atom is -0.486 e. The third-order valence-electron chi connectivity index (χ3n) is 7.20. The van der Waals surface area contributed by atoms with Crippen molar-refractivity contribution in [1.82, 2.24) is 5.32 Å². The first-order valence-electron chi connectivity index (χ1n) is 15.1. The number of anilines is 2. The topological polar surface area (TPSA) is 106 Å². The van der Waals surface area contributed by atoms with Crippen LogP contribution in [0, 0.1) is 0 Å². The largest absolute Gasteiger partial charge is 0.486 e. The van der Waals surface area contributed by atoms with Crippen molar-refractivity contribution in [2.75, 3.05) is 23.8 Å². The molecule has 0 aliphatic carbocycles. The van der Waals surface area contributed by atoms with Crippen molar-refractivity contribution in [2.24, 2.45) is 0 Å². The highest BCUT2D eigenvalue weighted by Gasteiger charge is 2.23. The van der Waals surface area contributed by atoms with Crippen LogP contribution in [-0.4, -0.2) is 30.9 Å². The molecule has 1 aliphatic heterocycles. The summed E-state index contributed by atoms with van der Waals surface area (Å²) in [6, 6.07) is 38.2. The van der Waals surface area contributed by atoms with E-state index in [1.807, 2.05) is 72.8 Å². The molecule has 1 atom stereocenters. The van der Waals surface area contributed by atoms with E-state index in [1.165, 1.54) is 11.8 Å². The Bertz CT molecular complexity index is 1950. The van der Waals surface area contributed by atoms with E-state index < -0.39 is 17.1 Å². The summed E-state index contributed by atoms with van der Waals surface area (Å²) in [6.07, 6.45) is 1.62. The molecule has 1 heterocycles. The van der Waals surface area contributed by atoms with E-state index >= 15 is 0 Å². The third-order valence-corrected chi connectivity index (χ3v) is 8.96. The quantitative estimate of drug-likeness (QED) is 0.0995. The second-order valence-corrected chi connectivity index (χ2v) is 12.8. The number of rotatable bonds is 10. The maximum absolute atomic E-state index is 13.6. The number of ether oxygens (including phenoxy) is 2. The fourth-order valence-electron chi connectivity index (χ4n) is 4.89. The predicted octanol–water partition coefficient (Wildman–Crippen LogP) is 8.10. The highest BCUT2D eigenvalue weighted by molar-refractivity contribution is 9.10. The number of thioether (sulfide) groups is 1. The van der Waals surface area contributed by atoms with Crippen LogP contribution in [0.25, 0.3) is 6.08 Å². The van der Waals surface area contributed by atoms with E-state index in [0.717, 1.165) is 20.5 Å². The van der Waals surface area contributed by atoms with Crippen LogP contribution in [0.4, 0.5) is 11.4 Å². The summed E-state index contributed by atoms with van der Waals surface area (Å²) in [7, 11) is 0. The second-order valence-electron chi connectivity index (χ2n) is 10.7. The molecule has 10 heteroatoms. The molecule has 0 bridgehead atoms. The van der Waals surface area contributed by atoms with Crippen LogP contribution < -0.4 is 25.4 Å². The Balaban J connectivity index is 1.17. The molecule has 3 amide bonds. The average Bonchev–Trinajstić information content (AvgIpc) is 3.11. The summed E-state index contributed by atoms with van der Waals surface area (Å²) >= 11 is 4.84. The van der Waals surface area contributed by atoms with E-state index in [4.69, 9.17) is 9.47 Å². The molecule has 0 radical (unpaired) electrons. The van der Waals surface area contributed by atoms with Crippen molar-refractivity contribution >= 4 is 62.9 Å². The number of amides is 3. The molecule has 48 heavy (non-hydrogen) atoms. The molecule has 1 aliphatic rings. The lowest BCUT2D eigenvalue weighted by Crippen LogP contribution is -2.30. The van der Waals surface area contributed by atoms with Gasteiger partial charge in [-0.25, -0.2) is 0 Å². The van der Waals surface area contributed by atoms with E-state index in [1.54, 1.807) is 60.7 Å². The Labute approximate surface area is 290 Å². The van der Waals surface area contributed by atoms with Gasteiger partial charge in [0.2, 0.25) is 5.91 Å². The van der Waals surface area contributed by atoms with E-state index in [2.05, 4.69) is 31.9 Å². The third kappa shape index (κ3) is 8.52. The van der Waals surface area contributed by atoms with Gasteiger partial charge in [-0.05, 0) is 77.9 Å². The number of hydrogen-bond acceptors (Lipinski definition) is 6. The number of benzene rings is 5. The molecule has 0 saturated carbocycles. The molecular formula is C38H30BrN3O5S. The van der Waals surface area contributed by atoms with Gasteiger partial charge >= 0.3 is 0 Å². The lowest BCUT2D eigenvalue weighted by molar-refractivity contribution is -0.116. The summed E-state index contributed by atoms with van der Waals surface area (Å²) in [6.45, 7) is 0.941. The normalized spacial score (nSPS) is 12.8. The molecule has 0 fully saturated rings. The standard InChI is InChI=1S/C38H30BrN3O5S/c39-28-13-7-8-25(22-28)23-32(42-36(43)27-11-5-2-6-12-27)37(44)40-29-14-17-31(18-15-29)48-35(26-9-3-1-4-10-26)38(45)41-30-16-19-33-34(24-30)47-21-20-46-33/h1-19,22-24,35H,20-21H2,(H,40,44)(H,41,45)(H,42,43)/b32-23-. The van der Waals surface area contributed by atoms with E-state index in [9.17, 15) is 14.4 Å². The molecule has 3 N–H and O–H groups in total. The van der Waals surface area contributed by atoms with Crippen LogP contribution in [0.2, 0.25) is 0 Å². The van der Waals surface area contributed by atoms with Gasteiger partial charge in [-0.3, -0.25) is 14.4 Å². The van der Waals surface area contributed by atoms with Gasteiger partial charge in [-0.1, -0.05) is 76.6 Å². The summed E-state index contributed by atoms with van der Waals surface area (Å²) in [5, 5.41) is 8.09. The molecule has 6 rings (SSSR count). The Hall–Kier alpha value is -5.32. The molecule has 5 aromatic rings. The molecule has 0 saturated heterocycles. The number of halogens is 1. The van der Waals surface area contributed by atoms with Crippen molar-refractivity contribution in [3.05, 3.63) is 154 Å². The Kier molecular flexibility index (Phi) is 10.5. The predicted molar refractivity (Wildman–Crippen MR) is 192 cm³/mol. The van der Waals surface area contributed by atoms with Crippen LogP contribution in [-0.2, 0) is 9.59 Å². The van der Waals surface area contributed by atoms with Crippen LogP contribution in [0.15, 0.2) is 142 Å². The van der Waals surface area contributed by atoms with E-state index in [-0.39, 0.29) is 11.6 Å². The van der Waals surface area contributed by atoms with E-state index in [0.29, 0.717) is 41.7 Å². The Morgan fingerprint density at radius 1 is 0.708 bits per heavy atom. The first-order valence-corrected chi connectivity index (χ1v) is 16.8. The monoisotopic (exact) mass is 719 g/mol. The first kappa shape index (κ1) is 32.6. The van der Waals surface area contributed by atoms with Crippen LogP contribution in [0.1, 0.15) is 26.7 Å². The number of nitrogens with one attached hydrogen (secondary N) is 3. The fourth-order valence-corrected chi connectivity index (χ4v) is 6.33. The van der Waals surface area contributed by atoms with Crippen molar-refractivity contribution < 1.29 is 23.9 Å². The lowest BCUT2D eigenvalue weighted by Gasteiger charge is -2.20. The van der Waals surface area contributed by atoms with Crippen molar-refractivity contribution in [1.29, 1.82) is 0 Å². The maximum Gasteiger partial charge on any atom is 0.272 e.